The Morgan fingerprint density at radius 2 is 1.91 bits per heavy atom. The van der Waals surface area contributed by atoms with Crippen molar-refractivity contribution in [1.82, 2.24) is 9.80 Å². The smallest absolute Gasteiger partial charge is 0.233 e. The fourth-order valence-corrected chi connectivity index (χ4v) is 4.09. The minimum atomic E-state index is 0.148. The molecule has 2 rings (SSSR count). The molecule has 5 heteroatoms. The van der Waals surface area contributed by atoms with Crippen LogP contribution >= 0.6 is 11.8 Å². The van der Waals surface area contributed by atoms with E-state index in [9.17, 15) is 4.79 Å². The Morgan fingerprint density at radius 3 is 2.52 bits per heavy atom. The van der Waals surface area contributed by atoms with Crippen molar-refractivity contribution in [3.8, 4) is 5.75 Å². The summed E-state index contributed by atoms with van der Waals surface area (Å²) in [4.78, 5) is 16.6. The predicted molar refractivity (Wildman–Crippen MR) is 96.9 cm³/mol. The van der Waals surface area contributed by atoms with Gasteiger partial charge in [-0.1, -0.05) is 26.0 Å². The Labute approximate surface area is 144 Å². The van der Waals surface area contributed by atoms with Crippen LogP contribution in [0.1, 0.15) is 38.1 Å². The van der Waals surface area contributed by atoms with E-state index in [2.05, 4.69) is 30.9 Å². The standard InChI is InChI=1S/C18H28N2O2S/c1-4-19(5-2)12-7-13-20-17(21)14-23-18(20)15-8-10-16(11-9-15)22-6-3/h8-11,18H,4-7,12-14H2,1-3H3. The van der Waals surface area contributed by atoms with Gasteiger partial charge in [0.25, 0.3) is 0 Å². The van der Waals surface area contributed by atoms with Crippen LogP contribution in [-0.4, -0.2) is 54.2 Å². The highest BCUT2D eigenvalue weighted by Gasteiger charge is 2.32. The van der Waals surface area contributed by atoms with Crippen molar-refractivity contribution >= 4 is 17.7 Å². The highest BCUT2D eigenvalue weighted by Crippen LogP contribution is 2.39. The minimum Gasteiger partial charge on any atom is -0.494 e. The third kappa shape index (κ3) is 4.88. The van der Waals surface area contributed by atoms with E-state index in [1.807, 2.05) is 24.0 Å². The van der Waals surface area contributed by atoms with E-state index < -0.39 is 0 Å². The van der Waals surface area contributed by atoms with Crippen molar-refractivity contribution < 1.29 is 9.53 Å². The molecule has 0 bridgehead atoms. The van der Waals surface area contributed by atoms with Gasteiger partial charge in [0.05, 0.1) is 12.4 Å². The normalized spacial score (nSPS) is 18.0. The van der Waals surface area contributed by atoms with E-state index in [4.69, 9.17) is 4.74 Å². The Bertz CT molecular complexity index is 488. The zero-order valence-corrected chi connectivity index (χ0v) is 15.3. The number of carbonyl (C=O) groups excluding carboxylic acids is 1. The Hall–Kier alpha value is -1.20. The summed E-state index contributed by atoms with van der Waals surface area (Å²) in [6.07, 6.45) is 1.03. The average molecular weight is 337 g/mol. The van der Waals surface area contributed by atoms with Gasteiger partial charge in [-0.25, -0.2) is 0 Å². The Kier molecular flexibility index (Phi) is 7.24. The summed E-state index contributed by atoms with van der Waals surface area (Å²) in [6.45, 7) is 11.1. The Balaban J connectivity index is 1.95. The largest absolute Gasteiger partial charge is 0.494 e. The molecule has 0 radical (unpaired) electrons. The number of ether oxygens (including phenoxy) is 1. The van der Waals surface area contributed by atoms with E-state index >= 15 is 0 Å². The lowest BCUT2D eigenvalue weighted by atomic mass is 10.2. The van der Waals surface area contributed by atoms with Gasteiger partial charge in [0.1, 0.15) is 11.1 Å². The van der Waals surface area contributed by atoms with Crippen LogP contribution in [0.2, 0.25) is 0 Å². The van der Waals surface area contributed by atoms with Crippen LogP contribution < -0.4 is 4.74 Å². The van der Waals surface area contributed by atoms with Gasteiger partial charge in [-0.05, 0) is 50.7 Å². The van der Waals surface area contributed by atoms with Gasteiger partial charge in [0, 0.05) is 6.54 Å². The number of carbonyl (C=O) groups is 1. The van der Waals surface area contributed by atoms with Crippen LogP contribution in [0.4, 0.5) is 0 Å². The maximum absolute atomic E-state index is 12.2. The number of rotatable bonds is 9. The van der Waals surface area contributed by atoms with Gasteiger partial charge in [-0.3, -0.25) is 4.79 Å². The van der Waals surface area contributed by atoms with E-state index in [0.29, 0.717) is 12.4 Å². The first-order chi connectivity index (χ1) is 11.2. The summed E-state index contributed by atoms with van der Waals surface area (Å²) < 4.78 is 5.49. The zero-order valence-electron chi connectivity index (χ0n) is 14.5. The average Bonchev–Trinajstić information content (AvgIpc) is 2.94. The number of nitrogens with zero attached hydrogens (tertiary/aromatic N) is 2. The summed E-state index contributed by atoms with van der Waals surface area (Å²) >= 11 is 1.72. The van der Waals surface area contributed by atoms with Crippen molar-refractivity contribution in [2.75, 3.05) is 38.5 Å². The van der Waals surface area contributed by atoms with Crippen LogP contribution in [-0.2, 0) is 4.79 Å². The SMILES string of the molecule is CCOc1ccc(C2SCC(=O)N2CCCN(CC)CC)cc1. The lowest BCUT2D eigenvalue weighted by Crippen LogP contribution is -2.32. The number of hydrogen-bond acceptors (Lipinski definition) is 4. The van der Waals surface area contributed by atoms with Gasteiger partial charge in [0.15, 0.2) is 0 Å². The molecule has 1 unspecified atom stereocenters. The minimum absolute atomic E-state index is 0.148. The molecule has 1 fully saturated rings. The summed E-state index contributed by atoms with van der Waals surface area (Å²) in [5, 5.41) is 0.148. The molecule has 0 aliphatic carbocycles. The molecule has 4 nitrogen and oxygen atoms in total. The maximum Gasteiger partial charge on any atom is 0.233 e. The van der Waals surface area contributed by atoms with Crippen LogP contribution in [0.15, 0.2) is 24.3 Å². The molecule has 1 aromatic rings. The molecule has 0 spiro atoms. The van der Waals surface area contributed by atoms with E-state index in [1.165, 1.54) is 5.56 Å². The van der Waals surface area contributed by atoms with Crippen molar-refractivity contribution in [3.63, 3.8) is 0 Å². The van der Waals surface area contributed by atoms with E-state index in [1.54, 1.807) is 11.8 Å². The summed E-state index contributed by atoms with van der Waals surface area (Å²) in [5.74, 6) is 1.73. The highest BCUT2D eigenvalue weighted by atomic mass is 32.2. The fraction of sp³-hybridized carbons (Fsp3) is 0.611. The van der Waals surface area contributed by atoms with Crippen molar-refractivity contribution in [3.05, 3.63) is 29.8 Å². The van der Waals surface area contributed by atoms with Gasteiger partial charge >= 0.3 is 0 Å². The van der Waals surface area contributed by atoms with Crippen LogP contribution in [0.5, 0.6) is 5.75 Å². The first kappa shape index (κ1) is 18.1. The molecule has 0 saturated carbocycles. The van der Waals surface area contributed by atoms with E-state index in [0.717, 1.165) is 38.3 Å². The monoisotopic (exact) mass is 336 g/mol. The maximum atomic E-state index is 12.2. The molecule has 1 amide bonds. The van der Waals surface area contributed by atoms with Crippen LogP contribution in [0.3, 0.4) is 0 Å². The van der Waals surface area contributed by atoms with Gasteiger partial charge in [0.2, 0.25) is 5.91 Å². The molecule has 1 aromatic carbocycles. The molecule has 0 aromatic heterocycles. The van der Waals surface area contributed by atoms with E-state index in [-0.39, 0.29) is 11.3 Å². The molecule has 1 aliphatic rings. The predicted octanol–water partition coefficient (Wildman–Crippen LogP) is 3.39. The molecule has 1 saturated heterocycles. The molecule has 1 atom stereocenters. The number of amides is 1. The third-order valence-corrected chi connectivity index (χ3v) is 5.47. The molecular formula is C18H28N2O2S. The van der Waals surface area contributed by atoms with Crippen LogP contribution in [0, 0.1) is 0 Å². The third-order valence-electron chi connectivity index (χ3n) is 4.21. The van der Waals surface area contributed by atoms with Gasteiger partial charge in [-0.15, -0.1) is 11.8 Å². The number of hydrogen-bond donors (Lipinski definition) is 0. The quantitative estimate of drug-likeness (QED) is 0.692. The molecular weight excluding hydrogens is 308 g/mol. The molecule has 23 heavy (non-hydrogen) atoms. The van der Waals surface area contributed by atoms with Crippen molar-refractivity contribution in [2.45, 2.75) is 32.6 Å². The first-order valence-corrected chi connectivity index (χ1v) is 9.60. The Morgan fingerprint density at radius 1 is 1.22 bits per heavy atom. The summed E-state index contributed by atoms with van der Waals surface area (Å²) in [6, 6.07) is 8.16. The molecule has 0 N–H and O–H groups in total. The van der Waals surface area contributed by atoms with Crippen LogP contribution in [0.25, 0.3) is 0 Å². The molecule has 128 valence electrons. The first-order valence-electron chi connectivity index (χ1n) is 8.55. The second-order valence-corrected chi connectivity index (χ2v) is 6.70. The summed E-state index contributed by atoms with van der Waals surface area (Å²) in [7, 11) is 0. The zero-order chi connectivity index (χ0) is 16.7. The summed E-state index contributed by atoms with van der Waals surface area (Å²) in [5.41, 5.74) is 1.19. The molecule has 1 heterocycles. The van der Waals surface area contributed by atoms with Crippen molar-refractivity contribution in [2.24, 2.45) is 0 Å². The topological polar surface area (TPSA) is 32.8 Å². The number of thioether (sulfide) groups is 1. The second-order valence-electron chi connectivity index (χ2n) is 5.63. The number of benzene rings is 1. The second kappa shape index (κ2) is 9.18. The molecule has 1 aliphatic heterocycles. The van der Waals surface area contributed by atoms with Crippen molar-refractivity contribution in [1.29, 1.82) is 0 Å². The fourth-order valence-electron chi connectivity index (χ4n) is 2.87. The van der Waals surface area contributed by atoms with Gasteiger partial charge in [-0.2, -0.15) is 0 Å². The van der Waals surface area contributed by atoms with Gasteiger partial charge < -0.3 is 14.5 Å². The lowest BCUT2D eigenvalue weighted by Gasteiger charge is -2.26. The lowest BCUT2D eigenvalue weighted by molar-refractivity contribution is -0.128. The highest BCUT2D eigenvalue weighted by molar-refractivity contribution is 8.00.